The van der Waals surface area contributed by atoms with Gasteiger partial charge in [0.05, 0.1) is 12.0 Å². The lowest BCUT2D eigenvalue weighted by Gasteiger charge is -2.22. The average Bonchev–Trinajstić information content (AvgIpc) is 2.59. The topological polar surface area (TPSA) is 57.6 Å². The molecule has 4 nitrogen and oxygen atoms in total. The molecule has 1 amide bonds. The molecule has 0 radical (unpaired) electrons. The van der Waals surface area contributed by atoms with Gasteiger partial charge in [0, 0.05) is 20.0 Å². The van der Waals surface area contributed by atoms with Crippen molar-refractivity contribution in [1.29, 1.82) is 0 Å². The molecule has 1 N–H and O–H groups in total. The number of carbonyl (C=O) groups is 2. The molecule has 0 fully saturated rings. The second-order valence-electron chi connectivity index (χ2n) is 6.58. The van der Waals surface area contributed by atoms with Crippen LogP contribution in [-0.2, 0) is 28.7 Å². The van der Waals surface area contributed by atoms with Crippen LogP contribution in [0.15, 0.2) is 36.4 Å². The molecule has 2 aromatic rings. The maximum Gasteiger partial charge on any atom is 0.416 e. The number of carbonyl (C=O) groups excluding carboxylic acids is 1. The Morgan fingerprint density at radius 1 is 1.07 bits per heavy atom. The molecule has 28 heavy (non-hydrogen) atoms. The van der Waals surface area contributed by atoms with Crippen LogP contribution >= 0.6 is 0 Å². The Balaban J connectivity index is 2.62. The van der Waals surface area contributed by atoms with Crippen LogP contribution in [0.5, 0.6) is 0 Å². The van der Waals surface area contributed by atoms with Crippen LogP contribution in [0.25, 0.3) is 11.1 Å². The van der Waals surface area contributed by atoms with Crippen LogP contribution in [0.2, 0.25) is 0 Å². The minimum Gasteiger partial charge on any atom is -0.481 e. The van der Waals surface area contributed by atoms with Crippen LogP contribution < -0.4 is 0 Å². The van der Waals surface area contributed by atoms with Crippen LogP contribution in [0.3, 0.4) is 0 Å². The molecular weight excluding hydrogens is 371 g/mol. The molecule has 2 aromatic carbocycles. The van der Waals surface area contributed by atoms with Gasteiger partial charge in [0.15, 0.2) is 0 Å². The summed E-state index contributed by atoms with van der Waals surface area (Å²) >= 11 is 0. The number of halogens is 3. The highest BCUT2D eigenvalue weighted by molar-refractivity contribution is 5.77. The number of alkyl halides is 3. The Labute approximate surface area is 161 Å². The lowest BCUT2D eigenvalue weighted by Crippen LogP contribution is -2.28. The molecule has 0 unspecified atom stereocenters. The maximum absolute atomic E-state index is 13.4. The number of aliphatic carboxylic acids is 1. The fourth-order valence-electron chi connectivity index (χ4n) is 3.19. The molecule has 0 aliphatic carbocycles. The molecule has 0 aromatic heterocycles. The summed E-state index contributed by atoms with van der Waals surface area (Å²) in [4.78, 5) is 24.5. The normalized spacial score (nSPS) is 11.4. The molecule has 0 atom stereocenters. The third-order valence-corrected chi connectivity index (χ3v) is 4.59. The van der Waals surface area contributed by atoms with Gasteiger partial charge in [-0.1, -0.05) is 24.3 Å². The zero-order chi connectivity index (χ0) is 21.1. The smallest absolute Gasteiger partial charge is 0.416 e. The summed E-state index contributed by atoms with van der Waals surface area (Å²) in [5.41, 5.74) is 1.16. The Morgan fingerprint density at radius 2 is 1.71 bits per heavy atom. The third kappa shape index (κ3) is 4.91. The van der Waals surface area contributed by atoms with E-state index >= 15 is 0 Å². The Kier molecular flexibility index (Phi) is 6.48. The van der Waals surface area contributed by atoms with Gasteiger partial charge in [-0.15, -0.1) is 0 Å². The summed E-state index contributed by atoms with van der Waals surface area (Å²) in [5, 5.41) is 9.04. The molecule has 0 aliphatic heterocycles. The second-order valence-corrected chi connectivity index (χ2v) is 6.58. The van der Waals surface area contributed by atoms with Gasteiger partial charge in [-0.3, -0.25) is 9.59 Å². The fraction of sp³-hybridized carbons (Fsp3) is 0.333. The van der Waals surface area contributed by atoms with Crippen LogP contribution in [0, 0.1) is 6.92 Å². The highest BCUT2D eigenvalue weighted by atomic mass is 19.4. The first-order valence-corrected chi connectivity index (χ1v) is 8.80. The van der Waals surface area contributed by atoms with E-state index in [9.17, 15) is 22.8 Å². The van der Waals surface area contributed by atoms with E-state index in [2.05, 4.69) is 0 Å². The van der Waals surface area contributed by atoms with E-state index in [1.165, 1.54) is 13.0 Å². The number of hydrogen-bond acceptors (Lipinski definition) is 2. The van der Waals surface area contributed by atoms with Gasteiger partial charge in [-0.25, -0.2) is 0 Å². The first-order chi connectivity index (χ1) is 13.0. The van der Waals surface area contributed by atoms with E-state index < -0.39 is 24.1 Å². The van der Waals surface area contributed by atoms with Crippen LogP contribution in [0.1, 0.15) is 36.1 Å². The van der Waals surface area contributed by atoms with Crippen molar-refractivity contribution < 1.29 is 27.9 Å². The largest absolute Gasteiger partial charge is 0.481 e. The van der Waals surface area contributed by atoms with Crippen LogP contribution in [0.4, 0.5) is 13.2 Å². The SMILES string of the molecule is CCN(Cc1ccccc1-c1cc(CC(=O)O)c(C(F)(F)F)cc1C)C(C)=O. The minimum atomic E-state index is -4.64. The number of carboxylic acid groups (broad SMARTS) is 1. The lowest BCUT2D eigenvalue weighted by molar-refractivity contribution is -0.139. The van der Waals surface area contributed by atoms with Gasteiger partial charge in [-0.2, -0.15) is 13.2 Å². The number of rotatable bonds is 6. The molecule has 0 saturated carbocycles. The molecule has 0 heterocycles. The van der Waals surface area contributed by atoms with Gasteiger partial charge >= 0.3 is 12.1 Å². The summed E-state index contributed by atoms with van der Waals surface area (Å²) in [6, 6.07) is 9.43. The van der Waals surface area contributed by atoms with Crippen molar-refractivity contribution in [2.24, 2.45) is 0 Å². The van der Waals surface area contributed by atoms with Crippen molar-refractivity contribution in [2.45, 2.75) is 39.9 Å². The van der Waals surface area contributed by atoms with Crippen LogP contribution in [-0.4, -0.2) is 28.4 Å². The first-order valence-electron chi connectivity index (χ1n) is 8.80. The molecule has 0 spiro atoms. The Bertz CT molecular complexity index is 891. The van der Waals surface area contributed by atoms with Crippen molar-refractivity contribution in [3.8, 4) is 11.1 Å². The molecule has 0 aliphatic rings. The predicted molar refractivity (Wildman–Crippen MR) is 99.7 cm³/mol. The number of benzene rings is 2. The summed E-state index contributed by atoms with van der Waals surface area (Å²) < 4.78 is 40.1. The lowest BCUT2D eigenvalue weighted by atomic mass is 9.90. The average molecular weight is 393 g/mol. The molecule has 2 rings (SSSR count). The van der Waals surface area contributed by atoms with E-state index in [-0.39, 0.29) is 11.5 Å². The highest BCUT2D eigenvalue weighted by Crippen LogP contribution is 2.37. The summed E-state index contributed by atoms with van der Waals surface area (Å²) in [5.74, 6) is -1.43. The van der Waals surface area contributed by atoms with Gasteiger partial charge in [0.1, 0.15) is 0 Å². The number of nitrogens with zero attached hydrogens (tertiary/aromatic N) is 1. The van der Waals surface area contributed by atoms with E-state index in [0.717, 1.165) is 11.6 Å². The number of carboxylic acids is 1. The van der Waals surface area contributed by atoms with E-state index in [1.54, 1.807) is 30.0 Å². The van der Waals surface area contributed by atoms with Gasteiger partial charge < -0.3 is 10.0 Å². The Morgan fingerprint density at radius 3 is 2.25 bits per heavy atom. The standard InChI is InChI=1S/C21H22F3NO3/c1-4-25(14(3)26)12-15-7-5-6-8-17(15)18-10-16(11-20(27)28)19(9-13(18)2)21(22,23)24/h5-10H,4,11-12H2,1-3H3,(H,27,28). The fourth-order valence-corrected chi connectivity index (χ4v) is 3.19. The van der Waals surface area contributed by atoms with Gasteiger partial charge in [-0.05, 0) is 53.8 Å². The zero-order valence-corrected chi connectivity index (χ0v) is 15.9. The summed E-state index contributed by atoms with van der Waals surface area (Å²) in [7, 11) is 0. The van der Waals surface area contributed by atoms with E-state index in [1.807, 2.05) is 13.0 Å². The first kappa shape index (κ1) is 21.5. The maximum atomic E-state index is 13.4. The second kappa shape index (κ2) is 8.46. The van der Waals surface area contributed by atoms with Crippen molar-refractivity contribution in [2.75, 3.05) is 6.54 Å². The molecule has 0 bridgehead atoms. The zero-order valence-electron chi connectivity index (χ0n) is 15.9. The number of aryl methyl sites for hydroxylation is 1. The molecule has 7 heteroatoms. The number of hydrogen-bond donors (Lipinski definition) is 1. The van der Waals surface area contributed by atoms with Crippen molar-refractivity contribution in [3.05, 3.63) is 58.7 Å². The summed E-state index contributed by atoms with van der Waals surface area (Å²) in [6.07, 6.45) is -5.36. The van der Waals surface area contributed by atoms with E-state index in [4.69, 9.17) is 5.11 Å². The minimum absolute atomic E-state index is 0.104. The number of amides is 1. The van der Waals surface area contributed by atoms with Crippen molar-refractivity contribution in [1.82, 2.24) is 4.90 Å². The quantitative estimate of drug-likeness (QED) is 0.776. The Hall–Kier alpha value is -2.83. The van der Waals surface area contributed by atoms with E-state index in [0.29, 0.717) is 29.8 Å². The summed E-state index contributed by atoms with van der Waals surface area (Å²) in [6.45, 7) is 5.68. The van der Waals surface area contributed by atoms with Crippen molar-refractivity contribution in [3.63, 3.8) is 0 Å². The van der Waals surface area contributed by atoms with Crippen molar-refractivity contribution >= 4 is 11.9 Å². The molecule has 0 saturated heterocycles. The molecular formula is C21H22F3NO3. The van der Waals surface area contributed by atoms with Gasteiger partial charge in [0.25, 0.3) is 0 Å². The highest BCUT2D eigenvalue weighted by Gasteiger charge is 2.34. The predicted octanol–water partition coefficient (Wildman–Crippen LogP) is 4.68. The molecule has 150 valence electrons. The van der Waals surface area contributed by atoms with Gasteiger partial charge in [0.2, 0.25) is 5.91 Å². The third-order valence-electron chi connectivity index (χ3n) is 4.59. The monoisotopic (exact) mass is 393 g/mol.